The maximum atomic E-state index is 5.95. The topological polar surface area (TPSA) is 51.0 Å². The lowest BCUT2D eigenvalue weighted by atomic mass is 10.2. The number of benzene rings is 1. The van der Waals surface area contributed by atoms with Gasteiger partial charge in [-0.1, -0.05) is 23.7 Å². The van der Waals surface area contributed by atoms with Gasteiger partial charge in [0.1, 0.15) is 0 Å². The lowest BCUT2D eigenvalue weighted by Crippen LogP contribution is -2.15. The zero-order valence-corrected chi connectivity index (χ0v) is 12.4. The molecule has 1 aromatic heterocycles. The molecule has 0 radical (unpaired) electrons. The maximum Gasteiger partial charge on any atom is 0.244 e. The van der Waals surface area contributed by atoms with Crippen LogP contribution in [0.5, 0.6) is 0 Å². The van der Waals surface area contributed by atoms with Crippen LogP contribution in [0.15, 0.2) is 27.2 Å². The zero-order chi connectivity index (χ0) is 13.1. The molecule has 1 aromatic carbocycles. The van der Waals surface area contributed by atoms with Crippen LogP contribution >= 0.6 is 27.5 Å². The van der Waals surface area contributed by atoms with Crippen LogP contribution in [0.4, 0.5) is 0 Å². The standard InChI is InChI=1S/C12H13BrClN3O/c1-3-10(15-2)12-16-11(17-18-12)7-4-5-9(14)8(13)6-7/h4-6,10,15H,3H2,1-2H3. The van der Waals surface area contributed by atoms with E-state index in [-0.39, 0.29) is 6.04 Å². The van der Waals surface area contributed by atoms with E-state index in [0.29, 0.717) is 16.7 Å². The first-order valence-corrected chi connectivity index (χ1v) is 6.79. The molecule has 1 atom stereocenters. The van der Waals surface area contributed by atoms with E-state index in [1.165, 1.54) is 0 Å². The van der Waals surface area contributed by atoms with E-state index in [0.717, 1.165) is 16.5 Å². The van der Waals surface area contributed by atoms with Crippen LogP contribution in [0.25, 0.3) is 11.4 Å². The SMILES string of the molecule is CCC(NC)c1nc(-c2ccc(Cl)c(Br)c2)no1. The van der Waals surface area contributed by atoms with Crippen molar-refractivity contribution < 1.29 is 4.52 Å². The Morgan fingerprint density at radius 1 is 1.50 bits per heavy atom. The van der Waals surface area contributed by atoms with Gasteiger partial charge in [0.25, 0.3) is 0 Å². The molecule has 96 valence electrons. The van der Waals surface area contributed by atoms with Crippen molar-refractivity contribution in [2.24, 2.45) is 0 Å². The van der Waals surface area contributed by atoms with Gasteiger partial charge in [-0.3, -0.25) is 0 Å². The number of nitrogens with zero attached hydrogens (tertiary/aromatic N) is 2. The van der Waals surface area contributed by atoms with Crippen LogP contribution < -0.4 is 5.32 Å². The average Bonchev–Trinajstić information content (AvgIpc) is 2.84. The minimum atomic E-state index is 0.0852. The van der Waals surface area contributed by atoms with Gasteiger partial charge < -0.3 is 9.84 Å². The number of halogens is 2. The number of rotatable bonds is 4. The molecule has 6 heteroatoms. The third-order valence-corrected chi connectivity index (χ3v) is 3.89. The Balaban J connectivity index is 2.31. The van der Waals surface area contributed by atoms with Crippen molar-refractivity contribution in [2.75, 3.05) is 7.05 Å². The zero-order valence-electron chi connectivity index (χ0n) is 10.1. The highest BCUT2D eigenvalue weighted by molar-refractivity contribution is 9.10. The first-order valence-electron chi connectivity index (χ1n) is 5.62. The molecule has 0 bridgehead atoms. The second-order valence-electron chi connectivity index (χ2n) is 3.83. The normalized spacial score (nSPS) is 12.7. The Labute approximate surface area is 119 Å². The Hall–Kier alpha value is -0.910. The van der Waals surface area contributed by atoms with E-state index in [1.807, 2.05) is 19.2 Å². The molecule has 1 unspecified atom stereocenters. The average molecular weight is 331 g/mol. The summed E-state index contributed by atoms with van der Waals surface area (Å²) < 4.78 is 6.07. The molecular weight excluding hydrogens is 318 g/mol. The summed E-state index contributed by atoms with van der Waals surface area (Å²) in [6.07, 6.45) is 0.891. The monoisotopic (exact) mass is 329 g/mol. The first kappa shape index (κ1) is 13.5. The van der Waals surface area contributed by atoms with Gasteiger partial charge in [0.2, 0.25) is 11.7 Å². The second kappa shape index (κ2) is 5.82. The van der Waals surface area contributed by atoms with Crippen LogP contribution in [-0.2, 0) is 0 Å². The number of hydrogen-bond donors (Lipinski definition) is 1. The fourth-order valence-corrected chi connectivity index (χ4v) is 2.13. The predicted octanol–water partition coefficient (Wildman–Crippen LogP) is 3.82. The molecule has 0 fully saturated rings. The van der Waals surface area contributed by atoms with Crippen molar-refractivity contribution in [2.45, 2.75) is 19.4 Å². The lowest BCUT2D eigenvalue weighted by Gasteiger charge is -2.06. The number of aromatic nitrogens is 2. The highest BCUT2D eigenvalue weighted by atomic mass is 79.9. The summed E-state index contributed by atoms with van der Waals surface area (Å²) in [5.41, 5.74) is 0.868. The molecule has 0 amide bonds. The molecule has 4 nitrogen and oxygen atoms in total. The minimum Gasteiger partial charge on any atom is -0.337 e. The van der Waals surface area contributed by atoms with Crippen LogP contribution in [0.1, 0.15) is 25.3 Å². The van der Waals surface area contributed by atoms with Gasteiger partial charge in [0.15, 0.2) is 0 Å². The van der Waals surface area contributed by atoms with Gasteiger partial charge >= 0.3 is 0 Å². The Bertz CT molecular complexity index is 540. The van der Waals surface area contributed by atoms with Crippen LogP contribution in [0.2, 0.25) is 5.02 Å². The Morgan fingerprint density at radius 2 is 2.28 bits per heavy atom. The fourth-order valence-electron chi connectivity index (χ4n) is 1.63. The van der Waals surface area contributed by atoms with Crippen LogP contribution in [0, 0.1) is 0 Å². The molecule has 2 aromatic rings. The smallest absolute Gasteiger partial charge is 0.244 e. The molecule has 0 spiro atoms. The molecule has 0 saturated carbocycles. The highest BCUT2D eigenvalue weighted by Crippen LogP contribution is 2.28. The van der Waals surface area contributed by atoms with Crippen LogP contribution in [0.3, 0.4) is 0 Å². The van der Waals surface area contributed by atoms with Gasteiger partial charge in [0, 0.05) is 10.0 Å². The van der Waals surface area contributed by atoms with Crippen molar-refractivity contribution in [1.82, 2.24) is 15.5 Å². The van der Waals surface area contributed by atoms with E-state index in [2.05, 4.69) is 38.3 Å². The van der Waals surface area contributed by atoms with Crippen molar-refractivity contribution in [3.63, 3.8) is 0 Å². The van der Waals surface area contributed by atoms with Crippen molar-refractivity contribution in [1.29, 1.82) is 0 Å². The quantitative estimate of drug-likeness (QED) is 0.926. The van der Waals surface area contributed by atoms with E-state index >= 15 is 0 Å². The Kier molecular flexibility index (Phi) is 4.37. The molecular formula is C12H13BrClN3O. The van der Waals surface area contributed by atoms with Gasteiger partial charge in [-0.15, -0.1) is 0 Å². The summed E-state index contributed by atoms with van der Waals surface area (Å²) >= 11 is 9.32. The molecule has 2 rings (SSSR count). The third kappa shape index (κ3) is 2.74. The molecule has 1 heterocycles. The van der Waals surface area contributed by atoms with Gasteiger partial charge in [-0.05, 0) is 47.6 Å². The Morgan fingerprint density at radius 3 is 2.89 bits per heavy atom. The van der Waals surface area contributed by atoms with E-state index in [4.69, 9.17) is 16.1 Å². The van der Waals surface area contributed by atoms with Crippen molar-refractivity contribution in [3.05, 3.63) is 33.6 Å². The minimum absolute atomic E-state index is 0.0852. The third-order valence-electron chi connectivity index (χ3n) is 2.67. The summed E-state index contributed by atoms with van der Waals surface area (Å²) in [6.45, 7) is 2.06. The van der Waals surface area contributed by atoms with Gasteiger partial charge in [0.05, 0.1) is 11.1 Å². The number of nitrogens with one attached hydrogen (secondary N) is 1. The van der Waals surface area contributed by atoms with Crippen molar-refractivity contribution in [3.8, 4) is 11.4 Å². The number of hydrogen-bond acceptors (Lipinski definition) is 4. The molecule has 0 aliphatic heterocycles. The lowest BCUT2D eigenvalue weighted by molar-refractivity contribution is 0.334. The molecule has 18 heavy (non-hydrogen) atoms. The summed E-state index contributed by atoms with van der Waals surface area (Å²) in [7, 11) is 1.87. The highest BCUT2D eigenvalue weighted by Gasteiger charge is 2.16. The summed E-state index contributed by atoms with van der Waals surface area (Å²) in [5.74, 6) is 1.16. The largest absolute Gasteiger partial charge is 0.337 e. The van der Waals surface area contributed by atoms with Crippen LogP contribution in [-0.4, -0.2) is 17.2 Å². The fraction of sp³-hybridized carbons (Fsp3) is 0.333. The van der Waals surface area contributed by atoms with E-state index in [9.17, 15) is 0 Å². The second-order valence-corrected chi connectivity index (χ2v) is 5.10. The molecule has 1 N–H and O–H groups in total. The summed E-state index contributed by atoms with van der Waals surface area (Å²) in [6, 6.07) is 5.62. The molecule has 0 saturated heterocycles. The molecule has 0 aliphatic rings. The maximum absolute atomic E-state index is 5.95. The molecule has 0 aliphatic carbocycles. The van der Waals surface area contributed by atoms with E-state index in [1.54, 1.807) is 6.07 Å². The van der Waals surface area contributed by atoms with Crippen molar-refractivity contribution >= 4 is 27.5 Å². The predicted molar refractivity (Wildman–Crippen MR) is 74.5 cm³/mol. The van der Waals surface area contributed by atoms with E-state index < -0.39 is 0 Å². The first-order chi connectivity index (χ1) is 8.65. The van der Waals surface area contributed by atoms with Gasteiger partial charge in [-0.25, -0.2) is 0 Å². The summed E-state index contributed by atoms with van der Waals surface area (Å²) in [5, 5.41) is 7.77. The van der Waals surface area contributed by atoms with Gasteiger partial charge in [-0.2, -0.15) is 4.98 Å². The summed E-state index contributed by atoms with van der Waals surface area (Å²) in [4.78, 5) is 4.39.